The summed E-state index contributed by atoms with van der Waals surface area (Å²) in [6.07, 6.45) is 0. The Labute approximate surface area is 116 Å². The molecule has 0 aliphatic carbocycles. The lowest BCUT2D eigenvalue weighted by molar-refractivity contribution is -0.129. The van der Waals surface area contributed by atoms with Gasteiger partial charge in [-0.2, -0.15) is 0 Å². The molecule has 3 amide bonds. The molecule has 0 saturated carbocycles. The molecule has 0 radical (unpaired) electrons. The second-order valence-corrected chi connectivity index (χ2v) is 5.90. The first-order chi connectivity index (χ1) is 9.16. The Hall–Kier alpha value is -2.21. The summed E-state index contributed by atoms with van der Waals surface area (Å²) in [6.45, 7) is 5.30. The van der Waals surface area contributed by atoms with Gasteiger partial charge < -0.3 is 11.5 Å². The molecule has 1 aliphatic rings. The van der Waals surface area contributed by atoms with E-state index in [9.17, 15) is 14.4 Å². The molecule has 1 aromatic rings. The average molecular weight is 275 g/mol. The van der Waals surface area contributed by atoms with Gasteiger partial charge in [0.2, 0.25) is 0 Å². The zero-order chi connectivity index (χ0) is 15.2. The van der Waals surface area contributed by atoms with E-state index in [1.165, 1.54) is 12.1 Å². The minimum Gasteiger partial charge on any atom is -0.398 e. The molecular formula is C14H17N3O3. The molecule has 0 saturated heterocycles. The summed E-state index contributed by atoms with van der Waals surface area (Å²) in [7, 11) is 0. The molecule has 0 unspecified atom stereocenters. The number of hydrogen-bond donors (Lipinski definition) is 2. The standard InChI is InChI=1S/C14H17N3O3/c1-14(2,3)10(16)13(20)17-11(18)7-5-4-6-8(15)9(7)12(17)19/h4-6,10H,15-16H2,1-3H3/t10-/m1/s1. The lowest BCUT2D eigenvalue weighted by atomic mass is 9.86. The predicted octanol–water partition coefficient (Wildman–Crippen LogP) is 0.765. The van der Waals surface area contributed by atoms with Crippen LogP contribution in [-0.2, 0) is 4.79 Å². The van der Waals surface area contributed by atoms with Crippen molar-refractivity contribution in [3.8, 4) is 0 Å². The van der Waals surface area contributed by atoms with Crippen LogP contribution in [-0.4, -0.2) is 28.7 Å². The Morgan fingerprint density at radius 3 is 2.30 bits per heavy atom. The fourth-order valence-corrected chi connectivity index (χ4v) is 2.02. The number of fused-ring (bicyclic) bond motifs is 1. The van der Waals surface area contributed by atoms with Gasteiger partial charge in [0.15, 0.2) is 0 Å². The number of carbonyl (C=O) groups is 3. The Kier molecular flexibility index (Phi) is 3.14. The van der Waals surface area contributed by atoms with Crippen molar-refractivity contribution in [2.24, 2.45) is 11.1 Å². The smallest absolute Gasteiger partial charge is 0.270 e. The predicted molar refractivity (Wildman–Crippen MR) is 73.8 cm³/mol. The Balaban J connectivity index is 2.44. The van der Waals surface area contributed by atoms with Gasteiger partial charge in [0, 0.05) is 5.69 Å². The topological polar surface area (TPSA) is 106 Å². The third-order valence-corrected chi connectivity index (χ3v) is 3.37. The number of rotatable bonds is 1. The molecule has 1 aliphatic heterocycles. The highest BCUT2D eigenvalue weighted by atomic mass is 16.2. The van der Waals surface area contributed by atoms with Gasteiger partial charge in [0.1, 0.15) is 0 Å². The quantitative estimate of drug-likeness (QED) is 0.581. The van der Waals surface area contributed by atoms with Crippen molar-refractivity contribution in [1.29, 1.82) is 0 Å². The highest BCUT2D eigenvalue weighted by Crippen LogP contribution is 2.29. The first-order valence-electron chi connectivity index (χ1n) is 6.23. The van der Waals surface area contributed by atoms with Gasteiger partial charge in [-0.3, -0.25) is 14.4 Å². The lowest BCUT2D eigenvalue weighted by Crippen LogP contribution is -2.52. The van der Waals surface area contributed by atoms with Crippen molar-refractivity contribution >= 4 is 23.4 Å². The lowest BCUT2D eigenvalue weighted by Gasteiger charge is -2.28. The van der Waals surface area contributed by atoms with Crippen molar-refractivity contribution in [2.75, 3.05) is 5.73 Å². The normalized spacial score (nSPS) is 16.3. The van der Waals surface area contributed by atoms with E-state index in [4.69, 9.17) is 11.5 Å². The van der Waals surface area contributed by atoms with Gasteiger partial charge in [-0.05, 0) is 17.5 Å². The molecule has 6 nitrogen and oxygen atoms in total. The van der Waals surface area contributed by atoms with Gasteiger partial charge in [0.05, 0.1) is 17.2 Å². The summed E-state index contributed by atoms with van der Waals surface area (Å²) in [6, 6.07) is 3.60. The second-order valence-electron chi connectivity index (χ2n) is 5.90. The highest BCUT2D eigenvalue weighted by Gasteiger charge is 2.44. The second kappa shape index (κ2) is 4.42. The van der Waals surface area contributed by atoms with E-state index in [1.807, 2.05) is 0 Å². The number of benzene rings is 1. The number of nitrogens with zero attached hydrogens (tertiary/aromatic N) is 1. The number of amides is 3. The summed E-state index contributed by atoms with van der Waals surface area (Å²) < 4.78 is 0. The van der Waals surface area contributed by atoms with Gasteiger partial charge in [-0.15, -0.1) is 0 Å². The van der Waals surface area contributed by atoms with Crippen molar-refractivity contribution in [2.45, 2.75) is 26.8 Å². The van der Waals surface area contributed by atoms with Crippen LogP contribution in [0.5, 0.6) is 0 Å². The maximum absolute atomic E-state index is 12.3. The molecule has 0 spiro atoms. The SMILES string of the molecule is CC(C)(C)[C@H](N)C(=O)N1C(=O)c2cccc(N)c2C1=O. The number of anilines is 1. The summed E-state index contributed by atoms with van der Waals surface area (Å²) >= 11 is 0. The zero-order valence-electron chi connectivity index (χ0n) is 11.6. The fraction of sp³-hybridized carbons (Fsp3) is 0.357. The van der Waals surface area contributed by atoms with Crippen molar-refractivity contribution < 1.29 is 14.4 Å². The molecule has 1 aromatic carbocycles. The van der Waals surface area contributed by atoms with Gasteiger partial charge >= 0.3 is 0 Å². The molecule has 0 fully saturated rings. The Morgan fingerprint density at radius 1 is 1.20 bits per heavy atom. The first-order valence-corrected chi connectivity index (χ1v) is 6.23. The van der Waals surface area contributed by atoms with Crippen molar-refractivity contribution in [1.82, 2.24) is 4.90 Å². The Bertz CT molecular complexity index is 617. The largest absolute Gasteiger partial charge is 0.398 e. The Morgan fingerprint density at radius 2 is 1.80 bits per heavy atom. The molecule has 20 heavy (non-hydrogen) atoms. The van der Waals surface area contributed by atoms with E-state index in [-0.39, 0.29) is 16.8 Å². The van der Waals surface area contributed by atoms with E-state index in [2.05, 4.69) is 0 Å². The number of imide groups is 3. The minimum absolute atomic E-state index is 0.0759. The number of nitrogen functional groups attached to an aromatic ring is 1. The molecule has 106 valence electrons. The maximum atomic E-state index is 12.3. The monoisotopic (exact) mass is 275 g/mol. The molecule has 2 rings (SSSR count). The number of carbonyl (C=O) groups excluding carboxylic acids is 3. The molecule has 0 bridgehead atoms. The maximum Gasteiger partial charge on any atom is 0.270 e. The summed E-state index contributed by atoms with van der Waals surface area (Å²) in [5.74, 6) is -2.07. The van der Waals surface area contributed by atoms with Crippen LogP contribution >= 0.6 is 0 Å². The molecular weight excluding hydrogens is 258 g/mol. The number of hydrogen-bond acceptors (Lipinski definition) is 5. The van der Waals surface area contributed by atoms with Crippen LogP contribution in [0, 0.1) is 5.41 Å². The van der Waals surface area contributed by atoms with Crippen LogP contribution in [0.4, 0.5) is 5.69 Å². The first kappa shape index (κ1) is 14.2. The molecule has 1 heterocycles. The highest BCUT2D eigenvalue weighted by molar-refractivity contribution is 6.31. The summed E-state index contributed by atoms with van der Waals surface area (Å²) in [4.78, 5) is 37.4. The number of nitrogens with two attached hydrogens (primary N) is 2. The fourth-order valence-electron chi connectivity index (χ4n) is 2.02. The molecule has 4 N–H and O–H groups in total. The average Bonchev–Trinajstić information content (AvgIpc) is 2.60. The van der Waals surface area contributed by atoms with Crippen LogP contribution in [0.1, 0.15) is 41.5 Å². The van der Waals surface area contributed by atoms with Crippen LogP contribution in [0.15, 0.2) is 18.2 Å². The summed E-state index contributed by atoms with van der Waals surface area (Å²) in [5, 5.41) is 0. The van der Waals surface area contributed by atoms with E-state index in [1.54, 1.807) is 26.8 Å². The van der Waals surface area contributed by atoms with Gasteiger partial charge in [0.25, 0.3) is 17.7 Å². The van der Waals surface area contributed by atoms with Crippen molar-refractivity contribution in [3.05, 3.63) is 29.3 Å². The third-order valence-electron chi connectivity index (χ3n) is 3.37. The molecule has 6 heteroatoms. The van der Waals surface area contributed by atoms with E-state index in [0.29, 0.717) is 4.90 Å². The third kappa shape index (κ3) is 1.98. The molecule has 0 aromatic heterocycles. The van der Waals surface area contributed by atoms with Gasteiger partial charge in [-0.1, -0.05) is 26.8 Å². The van der Waals surface area contributed by atoms with Crippen LogP contribution in [0.3, 0.4) is 0 Å². The van der Waals surface area contributed by atoms with E-state index >= 15 is 0 Å². The van der Waals surface area contributed by atoms with E-state index in [0.717, 1.165) is 0 Å². The van der Waals surface area contributed by atoms with Crippen LogP contribution < -0.4 is 11.5 Å². The zero-order valence-corrected chi connectivity index (χ0v) is 11.6. The van der Waals surface area contributed by atoms with E-state index < -0.39 is 29.2 Å². The van der Waals surface area contributed by atoms with Crippen molar-refractivity contribution in [3.63, 3.8) is 0 Å². The van der Waals surface area contributed by atoms with Gasteiger partial charge in [-0.25, -0.2) is 4.90 Å². The van der Waals surface area contributed by atoms with Crippen LogP contribution in [0.2, 0.25) is 0 Å². The summed E-state index contributed by atoms with van der Waals surface area (Å²) in [5.41, 5.74) is 11.4. The minimum atomic E-state index is -0.953. The van der Waals surface area contributed by atoms with Crippen LogP contribution in [0.25, 0.3) is 0 Å². The molecule has 1 atom stereocenters.